The molecule has 1 aliphatic rings. The van der Waals surface area contributed by atoms with Crippen molar-refractivity contribution < 1.29 is 14.6 Å². The molecule has 0 radical (unpaired) electrons. The number of amides is 1. The van der Waals surface area contributed by atoms with E-state index in [4.69, 9.17) is 4.74 Å². The fourth-order valence-electron chi connectivity index (χ4n) is 3.43. The lowest BCUT2D eigenvalue weighted by Crippen LogP contribution is -2.51. The maximum atomic E-state index is 13.2. The highest BCUT2D eigenvalue weighted by Crippen LogP contribution is 2.32. The number of aromatic hydroxyl groups is 1. The lowest BCUT2D eigenvalue weighted by Gasteiger charge is -2.42. The Bertz CT molecular complexity index is 761. The van der Waals surface area contributed by atoms with Gasteiger partial charge in [0.2, 0.25) is 0 Å². The summed E-state index contributed by atoms with van der Waals surface area (Å²) < 4.78 is 6.03. The van der Waals surface area contributed by atoms with Crippen LogP contribution in [0, 0.1) is 6.92 Å². The van der Waals surface area contributed by atoms with Crippen molar-refractivity contribution in [3.8, 4) is 5.75 Å². The van der Waals surface area contributed by atoms with Crippen molar-refractivity contribution in [3.05, 3.63) is 65.2 Å². The van der Waals surface area contributed by atoms with Crippen LogP contribution in [0.4, 0.5) is 0 Å². The van der Waals surface area contributed by atoms with Gasteiger partial charge in [0.05, 0.1) is 18.8 Å². The molecule has 0 aliphatic carbocycles. The van der Waals surface area contributed by atoms with Gasteiger partial charge in [-0.15, -0.1) is 0 Å². The molecule has 0 saturated carbocycles. The minimum Gasteiger partial charge on any atom is -0.508 e. The van der Waals surface area contributed by atoms with E-state index < -0.39 is 0 Å². The first-order valence-electron chi connectivity index (χ1n) is 8.89. The summed E-state index contributed by atoms with van der Waals surface area (Å²) in [5.74, 6) is 0.0615. The lowest BCUT2D eigenvalue weighted by atomic mass is 9.96. The van der Waals surface area contributed by atoms with Gasteiger partial charge in [-0.2, -0.15) is 0 Å². The summed E-state index contributed by atoms with van der Waals surface area (Å²) in [5.41, 5.74) is 2.32. The van der Waals surface area contributed by atoms with E-state index in [1.165, 1.54) is 0 Å². The number of hydrogen-bond acceptors (Lipinski definition) is 4. The summed E-state index contributed by atoms with van der Waals surface area (Å²) in [4.78, 5) is 17.2. The highest BCUT2D eigenvalue weighted by molar-refractivity contribution is 5.95. The molecule has 1 N–H and O–H groups in total. The molecule has 2 atom stereocenters. The van der Waals surface area contributed by atoms with Gasteiger partial charge in [-0.05, 0) is 44.3 Å². The zero-order valence-corrected chi connectivity index (χ0v) is 15.6. The fraction of sp³-hybridized carbons (Fsp3) is 0.381. The van der Waals surface area contributed by atoms with Gasteiger partial charge in [0.25, 0.3) is 5.91 Å². The molecule has 5 heteroatoms. The number of carbonyl (C=O) groups is 1. The number of ether oxygens (including phenoxy) is 1. The van der Waals surface area contributed by atoms with Gasteiger partial charge in [0, 0.05) is 18.7 Å². The molecule has 1 aliphatic heterocycles. The van der Waals surface area contributed by atoms with Crippen LogP contribution in [0.3, 0.4) is 0 Å². The van der Waals surface area contributed by atoms with E-state index in [1.54, 1.807) is 18.2 Å². The topological polar surface area (TPSA) is 53.0 Å². The van der Waals surface area contributed by atoms with Crippen molar-refractivity contribution >= 4 is 5.91 Å². The number of morpholine rings is 1. The molecular weight excluding hydrogens is 328 g/mol. The van der Waals surface area contributed by atoms with Gasteiger partial charge in [0.1, 0.15) is 5.75 Å². The van der Waals surface area contributed by atoms with Gasteiger partial charge >= 0.3 is 0 Å². The molecule has 0 aromatic heterocycles. The Balaban J connectivity index is 1.96. The van der Waals surface area contributed by atoms with E-state index in [9.17, 15) is 9.90 Å². The highest BCUT2D eigenvalue weighted by atomic mass is 16.5. The average molecular weight is 354 g/mol. The summed E-state index contributed by atoms with van der Waals surface area (Å²) in [6, 6.07) is 14.9. The molecule has 1 fully saturated rings. The third-order valence-corrected chi connectivity index (χ3v) is 4.76. The number of hydrogen-bond donors (Lipinski definition) is 1. The predicted molar refractivity (Wildman–Crippen MR) is 101 cm³/mol. The van der Waals surface area contributed by atoms with Crippen LogP contribution in [0.25, 0.3) is 0 Å². The number of phenols is 1. The molecule has 2 aromatic rings. The van der Waals surface area contributed by atoms with E-state index in [1.807, 2.05) is 56.3 Å². The van der Waals surface area contributed by atoms with Crippen LogP contribution in [-0.2, 0) is 4.74 Å². The summed E-state index contributed by atoms with van der Waals surface area (Å²) >= 11 is 0. The summed E-state index contributed by atoms with van der Waals surface area (Å²) in [6.45, 7) is 3.57. The van der Waals surface area contributed by atoms with Gasteiger partial charge in [0.15, 0.2) is 0 Å². The van der Waals surface area contributed by atoms with Crippen molar-refractivity contribution in [2.75, 3.05) is 33.8 Å². The number of rotatable bonds is 4. The Morgan fingerprint density at radius 2 is 1.96 bits per heavy atom. The van der Waals surface area contributed by atoms with Gasteiger partial charge < -0.3 is 19.6 Å². The molecule has 26 heavy (non-hydrogen) atoms. The van der Waals surface area contributed by atoms with Crippen molar-refractivity contribution in [3.63, 3.8) is 0 Å². The minimum absolute atomic E-state index is 0.0822. The first kappa shape index (κ1) is 18.4. The lowest BCUT2D eigenvalue weighted by molar-refractivity contribution is -0.0684. The maximum absolute atomic E-state index is 13.2. The summed E-state index contributed by atoms with van der Waals surface area (Å²) in [5, 5.41) is 10.00. The Kier molecular flexibility index (Phi) is 5.59. The second-order valence-corrected chi connectivity index (χ2v) is 7.03. The third-order valence-electron chi connectivity index (χ3n) is 4.76. The molecule has 0 unspecified atom stereocenters. The number of phenolic OH excluding ortho intramolecular Hbond substituents is 1. The Labute approximate surface area is 154 Å². The normalized spacial score (nSPS) is 20.4. The number of benzene rings is 2. The molecular formula is C21H26N2O3. The Morgan fingerprint density at radius 1 is 1.23 bits per heavy atom. The number of carbonyl (C=O) groups excluding carboxylic acids is 1. The second kappa shape index (κ2) is 7.89. The van der Waals surface area contributed by atoms with Crippen molar-refractivity contribution in [2.45, 2.75) is 19.1 Å². The zero-order chi connectivity index (χ0) is 18.7. The van der Waals surface area contributed by atoms with E-state index in [0.29, 0.717) is 18.7 Å². The first-order chi connectivity index (χ1) is 12.5. The molecule has 0 spiro atoms. The van der Waals surface area contributed by atoms with Crippen LogP contribution in [-0.4, -0.2) is 60.7 Å². The van der Waals surface area contributed by atoms with Gasteiger partial charge in [-0.1, -0.05) is 36.4 Å². The summed E-state index contributed by atoms with van der Waals surface area (Å²) in [6.07, 6.45) is -0.107. The number of likely N-dealkylation sites (N-methyl/N-ethyl adjacent to an activating group) is 1. The average Bonchev–Trinajstić information content (AvgIpc) is 2.63. The molecule has 0 bridgehead atoms. The second-order valence-electron chi connectivity index (χ2n) is 7.03. The van der Waals surface area contributed by atoms with Crippen molar-refractivity contribution in [2.24, 2.45) is 0 Å². The van der Waals surface area contributed by atoms with Gasteiger partial charge in [-0.25, -0.2) is 0 Å². The van der Waals surface area contributed by atoms with Gasteiger partial charge in [-0.3, -0.25) is 4.79 Å². The molecule has 1 amide bonds. The van der Waals surface area contributed by atoms with E-state index in [-0.39, 0.29) is 23.8 Å². The minimum atomic E-state index is -0.164. The quantitative estimate of drug-likeness (QED) is 0.917. The van der Waals surface area contributed by atoms with E-state index in [2.05, 4.69) is 4.90 Å². The number of aryl methyl sites for hydroxylation is 1. The SMILES string of the molecule is Cc1ccc(C(=O)N2CCO[C@@H](CN(C)C)[C@@H]2c2ccccc2)cc1O. The van der Waals surface area contributed by atoms with E-state index >= 15 is 0 Å². The van der Waals surface area contributed by atoms with Crippen LogP contribution in [0.1, 0.15) is 27.5 Å². The van der Waals surface area contributed by atoms with Crippen LogP contribution in [0.15, 0.2) is 48.5 Å². The summed E-state index contributed by atoms with van der Waals surface area (Å²) in [7, 11) is 4.01. The van der Waals surface area contributed by atoms with E-state index in [0.717, 1.165) is 17.7 Å². The fourth-order valence-corrected chi connectivity index (χ4v) is 3.43. The number of nitrogens with zero attached hydrogens (tertiary/aromatic N) is 2. The molecule has 3 rings (SSSR count). The highest BCUT2D eigenvalue weighted by Gasteiger charge is 2.37. The zero-order valence-electron chi connectivity index (χ0n) is 15.6. The predicted octanol–water partition coefficient (Wildman–Crippen LogP) is 2.84. The molecule has 5 nitrogen and oxygen atoms in total. The third kappa shape index (κ3) is 3.89. The molecule has 138 valence electrons. The smallest absolute Gasteiger partial charge is 0.254 e. The van der Waals surface area contributed by atoms with Crippen LogP contribution in [0.5, 0.6) is 5.75 Å². The monoisotopic (exact) mass is 354 g/mol. The van der Waals surface area contributed by atoms with Crippen LogP contribution >= 0.6 is 0 Å². The Hall–Kier alpha value is -2.37. The first-order valence-corrected chi connectivity index (χ1v) is 8.89. The standard InChI is InChI=1S/C21H26N2O3/c1-15-9-10-17(13-18(15)24)21(25)23-11-12-26-19(14-22(2)3)20(23)16-7-5-4-6-8-16/h4-10,13,19-20,24H,11-12,14H2,1-3H3/t19-,20-/m0/s1. The van der Waals surface area contributed by atoms with Crippen molar-refractivity contribution in [1.82, 2.24) is 9.80 Å². The molecule has 1 saturated heterocycles. The van der Waals surface area contributed by atoms with Crippen LogP contribution in [0.2, 0.25) is 0 Å². The maximum Gasteiger partial charge on any atom is 0.254 e. The van der Waals surface area contributed by atoms with Crippen molar-refractivity contribution in [1.29, 1.82) is 0 Å². The Morgan fingerprint density at radius 3 is 2.62 bits per heavy atom. The molecule has 2 aromatic carbocycles. The molecule has 1 heterocycles. The largest absolute Gasteiger partial charge is 0.508 e. The van der Waals surface area contributed by atoms with Crippen LogP contribution < -0.4 is 0 Å².